The Bertz CT molecular complexity index is 885. The van der Waals surface area contributed by atoms with Crippen LogP contribution in [0.25, 0.3) is 11.1 Å². The second kappa shape index (κ2) is 9.38. The zero-order valence-electron chi connectivity index (χ0n) is 15.5. The Balaban J connectivity index is 1.66. The number of carbonyl (C=O) groups is 1. The minimum atomic E-state index is -0.166. The average molecular weight is 378 g/mol. The maximum atomic E-state index is 12.4. The highest BCUT2D eigenvalue weighted by atomic mass is 35.5. The van der Waals surface area contributed by atoms with Crippen molar-refractivity contribution >= 4 is 23.2 Å². The second-order valence-corrected chi connectivity index (χ2v) is 7.07. The Morgan fingerprint density at radius 3 is 2.11 bits per heavy atom. The van der Waals surface area contributed by atoms with E-state index in [4.69, 9.17) is 11.6 Å². The number of halogens is 1. The van der Waals surface area contributed by atoms with E-state index in [9.17, 15) is 4.79 Å². The van der Waals surface area contributed by atoms with Crippen molar-refractivity contribution in [3.8, 4) is 11.1 Å². The normalized spacial score (nSPS) is 10.6. The van der Waals surface area contributed by atoms with Gasteiger partial charge in [-0.25, -0.2) is 0 Å². The third-order valence-electron chi connectivity index (χ3n) is 4.63. The lowest BCUT2D eigenvalue weighted by atomic mass is 10.0. The van der Waals surface area contributed by atoms with Crippen LogP contribution in [-0.2, 0) is 6.42 Å². The van der Waals surface area contributed by atoms with Gasteiger partial charge in [-0.15, -0.1) is 0 Å². The van der Waals surface area contributed by atoms with Crippen LogP contribution in [0.2, 0.25) is 5.02 Å². The number of anilines is 1. The van der Waals surface area contributed by atoms with Crippen LogP contribution in [0.15, 0.2) is 72.8 Å². The van der Waals surface area contributed by atoms with Crippen molar-refractivity contribution in [1.82, 2.24) is 0 Å². The number of para-hydroxylation sites is 1. The fourth-order valence-electron chi connectivity index (χ4n) is 3.01. The molecule has 2 nitrogen and oxygen atoms in total. The van der Waals surface area contributed by atoms with E-state index in [0.29, 0.717) is 16.3 Å². The van der Waals surface area contributed by atoms with Crippen LogP contribution in [0.3, 0.4) is 0 Å². The monoisotopic (exact) mass is 377 g/mol. The van der Waals surface area contributed by atoms with Gasteiger partial charge in [-0.3, -0.25) is 4.79 Å². The maximum absolute atomic E-state index is 12.4. The molecule has 3 heteroatoms. The van der Waals surface area contributed by atoms with Gasteiger partial charge in [0.05, 0.1) is 10.7 Å². The van der Waals surface area contributed by atoms with Gasteiger partial charge in [-0.2, -0.15) is 0 Å². The Hall–Kier alpha value is -2.58. The van der Waals surface area contributed by atoms with E-state index < -0.39 is 0 Å². The molecule has 1 amide bonds. The third kappa shape index (κ3) is 5.21. The number of hydrogen-bond acceptors (Lipinski definition) is 1. The van der Waals surface area contributed by atoms with Crippen LogP contribution in [0, 0.1) is 0 Å². The zero-order valence-corrected chi connectivity index (χ0v) is 16.3. The number of carbonyl (C=O) groups excluding carboxylic acids is 1. The molecule has 0 bridgehead atoms. The summed E-state index contributed by atoms with van der Waals surface area (Å²) in [5, 5.41) is 3.38. The van der Waals surface area contributed by atoms with E-state index in [1.165, 1.54) is 24.8 Å². The summed E-state index contributed by atoms with van der Waals surface area (Å²) in [6, 6.07) is 23.6. The minimum Gasteiger partial charge on any atom is -0.321 e. The minimum absolute atomic E-state index is 0.166. The van der Waals surface area contributed by atoms with Gasteiger partial charge in [0.25, 0.3) is 5.91 Å². The highest BCUT2D eigenvalue weighted by molar-refractivity contribution is 6.33. The molecule has 0 saturated carbocycles. The summed E-state index contributed by atoms with van der Waals surface area (Å²) in [6.45, 7) is 2.22. The van der Waals surface area contributed by atoms with E-state index in [1.54, 1.807) is 12.1 Å². The summed E-state index contributed by atoms with van der Waals surface area (Å²) in [6.07, 6.45) is 4.90. The van der Waals surface area contributed by atoms with Gasteiger partial charge < -0.3 is 5.32 Å². The first-order chi connectivity index (χ1) is 13.2. The Morgan fingerprint density at radius 2 is 1.48 bits per heavy atom. The van der Waals surface area contributed by atoms with Crippen LogP contribution < -0.4 is 5.32 Å². The number of nitrogens with one attached hydrogen (secondary N) is 1. The van der Waals surface area contributed by atoms with Gasteiger partial charge in [0.15, 0.2) is 0 Å². The SMILES string of the molecule is CCCCCc1ccc(-c2ccc(C(=O)Nc3ccccc3Cl)cc2)cc1. The predicted molar refractivity (Wildman–Crippen MR) is 115 cm³/mol. The molecule has 0 saturated heterocycles. The molecule has 0 unspecified atom stereocenters. The Morgan fingerprint density at radius 1 is 0.852 bits per heavy atom. The van der Waals surface area contributed by atoms with E-state index in [-0.39, 0.29) is 5.91 Å². The summed E-state index contributed by atoms with van der Waals surface area (Å²) in [5.74, 6) is -0.166. The van der Waals surface area contributed by atoms with Crippen LogP contribution in [0.5, 0.6) is 0 Å². The topological polar surface area (TPSA) is 29.1 Å². The van der Waals surface area contributed by atoms with Crippen LogP contribution in [0.4, 0.5) is 5.69 Å². The first-order valence-electron chi connectivity index (χ1n) is 9.42. The van der Waals surface area contributed by atoms with Crippen molar-refractivity contribution in [3.05, 3.63) is 88.9 Å². The molecule has 0 radical (unpaired) electrons. The number of amides is 1. The molecule has 0 spiro atoms. The van der Waals surface area contributed by atoms with Crippen LogP contribution in [-0.4, -0.2) is 5.91 Å². The lowest BCUT2D eigenvalue weighted by Crippen LogP contribution is -2.11. The van der Waals surface area contributed by atoms with E-state index in [1.807, 2.05) is 36.4 Å². The van der Waals surface area contributed by atoms with Crippen molar-refractivity contribution in [2.45, 2.75) is 32.6 Å². The summed E-state index contributed by atoms with van der Waals surface area (Å²) in [7, 11) is 0. The summed E-state index contributed by atoms with van der Waals surface area (Å²) >= 11 is 6.10. The zero-order chi connectivity index (χ0) is 19.1. The highest BCUT2D eigenvalue weighted by Crippen LogP contribution is 2.23. The first kappa shape index (κ1) is 19.2. The van der Waals surface area contributed by atoms with Gasteiger partial charge >= 0.3 is 0 Å². The van der Waals surface area contributed by atoms with Crippen molar-refractivity contribution < 1.29 is 4.79 Å². The molecule has 3 aromatic rings. The molecule has 0 aromatic heterocycles. The largest absolute Gasteiger partial charge is 0.321 e. The molecule has 3 aromatic carbocycles. The molecular formula is C24H24ClNO. The Kier molecular flexibility index (Phi) is 6.67. The quantitative estimate of drug-likeness (QED) is 0.441. The molecule has 1 N–H and O–H groups in total. The van der Waals surface area contributed by atoms with Gasteiger partial charge in [0, 0.05) is 5.56 Å². The predicted octanol–water partition coefficient (Wildman–Crippen LogP) is 6.99. The van der Waals surface area contributed by atoms with Gasteiger partial charge in [-0.05, 0) is 53.8 Å². The number of rotatable bonds is 7. The van der Waals surface area contributed by atoms with E-state index >= 15 is 0 Å². The molecule has 138 valence electrons. The number of aryl methyl sites for hydroxylation is 1. The van der Waals surface area contributed by atoms with Crippen molar-refractivity contribution in [1.29, 1.82) is 0 Å². The lowest BCUT2D eigenvalue weighted by molar-refractivity contribution is 0.102. The molecule has 0 atom stereocenters. The Labute approximate surface area is 166 Å². The summed E-state index contributed by atoms with van der Waals surface area (Å²) in [5.41, 5.74) is 4.86. The smallest absolute Gasteiger partial charge is 0.255 e. The molecule has 3 rings (SSSR count). The van der Waals surface area contributed by atoms with Crippen molar-refractivity contribution in [2.75, 3.05) is 5.32 Å². The number of unbranched alkanes of at least 4 members (excludes halogenated alkanes) is 2. The fourth-order valence-corrected chi connectivity index (χ4v) is 3.20. The molecular weight excluding hydrogens is 354 g/mol. The van der Waals surface area contributed by atoms with Crippen LogP contribution in [0.1, 0.15) is 42.1 Å². The maximum Gasteiger partial charge on any atom is 0.255 e. The highest BCUT2D eigenvalue weighted by Gasteiger charge is 2.08. The van der Waals surface area contributed by atoms with Crippen LogP contribution >= 0.6 is 11.6 Å². The van der Waals surface area contributed by atoms with Gasteiger partial charge in [-0.1, -0.05) is 79.9 Å². The number of hydrogen-bond donors (Lipinski definition) is 1. The van der Waals surface area contributed by atoms with Crippen molar-refractivity contribution in [3.63, 3.8) is 0 Å². The molecule has 0 aliphatic rings. The molecule has 27 heavy (non-hydrogen) atoms. The fraction of sp³-hybridized carbons (Fsp3) is 0.208. The lowest BCUT2D eigenvalue weighted by Gasteiger charge is -2.08. The average Bonchev–Trinajstić information content (AvgIpc) is 2.70. The molecule has 0 aliphatic heterocycles. The van der Waals surface area contributed by atoms with Gasteiger partial charge in [0.2, 0.25) is 0 Å². The van der Waals surface area contributed by atoms with Gasteiger partial charge in [0.1, 0.15) is 0 Å². The molecule has 0 heterocycles. The molecule has 0 aliphatic carbocycles. The standard InChI is InChI=1S/C24H24ClNO/c1-2-3-4-7-18-10-12-19(13-11-18)20-14-16-21(17-15-20)24(27)26-23-9-6-5-8-22(23)25/h5-6,8-17H,2-4,7H2,1H3,(H,26,27). The third-order valence-corrected chi connectivity index (χ3v) is 4.96. The second-order valence-electron chi connectivity index (χ2n) is 6.67. The number of benzene rings is 3. The van der Waals surface area contributed by atoms with Crippen molar-refractivity contribution in [2.24, 2.45) is 0 Å². The first-order valence-corrected chi connectivity index (χ1v) is 9.80. The summed E-state index contributed by atoms with van der Waals surface area (Å²) < 4.78 is 0. The van der Waals surface area contributed by atoms with E-state index in [2.05, 4.69) is 36.5 Å². The molecule has 0 fully saturated rings. The van der Waals surface area contributed by atoms with E-state index in [0.717, 1.165) is 17.5 Å². The summed E-state index contributed by atoms with van der Waals surface area (Å²) in [4.78, 5) is 12.4.